The Morgan fingerprint density at radius 1 is 0.906 bits per heavy atom. The van der Waals surface area contributed by atoms with Crippen molar-refractivity contribution in [3.8, 4) is 0 Å². The molecule has 4 heteroatoms. The van der Waals surface area contributed by atoms with Gasteiger partial charge in [-0.1, -0.05) is 23.8 Å². The molecule has 164 valence electrons. The van der Waals surface area contributed by atoms with Gasteiger partial charge in [0.25, 0.3) is 11.8 Å². The molecule has 2 aromatic rings. The Balaban J connectivity index is 1.59. The molecule has 1 aliphatic heterocycles. The smallest absolute Gasteiger partial charge is 0.266 e. The Kier molecular flexibility index (Phi) is 4.36. The van der Waals surface area contributed by atoms with Crippen LogP contribution in [0.4, 0.5) is 5.69 Å². The number of allylic oxidation sites excluding steroid dienone is 2. The molecule has 2 amide bonds. The monoisotopic (exact) mass is 427 g/mol. The molecule has 4 nitrogen and oxygen atoms in total. The van der Waals surface area contributed by atoms with E-state index in [2.05, 4.69) is 0 Å². The van der Waals surface area contributed by atoms with E-state index >= 15 is 0 Å². The third-order valence-electron chi connectivity index (χ3n) is 8.22. The summed E-state index contributed by atoms with van der Waals surface area (Å²) in [5.74, 6) is 3.76. The van der Waals surface area contributed by atoms with E-state index < -0.39 is 0 Å². The molecule has 2 heterocycles. The molecule has 0 N–H and O–H groups in total. The fourth-order valence-corrected chi connectivity index (χ4v) is 7.19. The van der Waals surface area contributed by atoms with Crippen LogP contribution in [-0.4, -0.2) is 11.8 Å². The molecule has 4 saturated carbocycles. The Morgan fingerprint density at radius 2 is 1.53 bits per heavy atom. The van der Waals surface area contributed by atoms with Gasteiger partial charge in [0.2, 0.25) is 0 Å². The summed E-state index contributed by atoms with van der Waals surface area (Å²) in [5.41, 5.74) is 4.99. The Morgan fingerprint density at radius 3 is 2.09 bits per heavy atom. The van der Waals surface area contributed by atoms with Crippen LogP contribution in [0.15, 0.2) is 57.5 Å². The van der Waals surface area contributed by atoms with Crippen LogP contribution >= 0.6 is 0 Å². The number of benzene rings is 1. The maximum Gasteiger partial charge on any atom is 0.266 e. The van der Waals surface area contributed by atoms with E-state index in [1.807, 2.05) is 57.2 Å². The predicted molar refractivity (Wildman–Crippen MR) is 124 cm³/mol. The molecule has 1 aromatic heterocycles. The van der Waals surface area contributed by atoms with Crippen LogP contribution in [0.3, 0.4) is 0 Å². The van der Waals surface area contributed by atoms with Crippen molar-refractivity contribution in [1.82, 2.24) is 0 Å². The van der Waals surface area contributed by atoms with Crippen LogP contribution in [0, 0.1) is 37.5 Å². The summed E-state index contributed by atoms with van der Waals surface area (Å²) in [5, 5.41) is 0. The minimum atomic E-state index is -0.201. The predicted octanol–water partition coefficient (Wildman–Crippen LogP) is 6.00. The number of nitrogens with zero attached hydrogens (tertiary/aromatic N) is 1. The number of carbonyl (C=O) groups is 2. The Labute approximate surface area is 189 Å². The lowest BCUT2D eigenvalue weighted by molar-refractivity contribution is -0.119. The third kappa shape index (κ3) is 2.81. The fourth-order valence-electron chi connectivity index (χ4n) is 7.19. The molecule has 1 saturated heterocycles. The number of imide groups is 1. The first-order chi connectivity index (χ1) is 15.4. The molecule has 7 rings (SSSR count). The number of rotatable bonds is 2. The average Bonchev–Trinajstić information content (AvgIpc) is 3.22. The van der Waals surface area contributed by atoms with Gasteiger partial charge in [-0.2, -0.15) is 0 Å². The van der Waals surface area contributed by atoms with E-state index in [-0.39, 0.29) is 11.8 Å². The van der Waals surface area contributed by atoms with Gasteiger partial charge in [-0.25, -0.2) is 4.90 Å². The minimum Gasteiger partial charge on any atom is -0.466 e. The van der Waals surface area contributed by atoms with Crippen molar-refractivity contribution in [1.29, 1.82) is 0 Å². The van der Waals surface area contributed by atoms with Gasteiger partial charge < -0.3 is 4.42 Å². The molecule has 0 spiro atoms. The Hall–Kier alpha value is -2.88. The van der Waals surface area contributed by atoms with Crippen LogP contribution in [0.2, 0.25) is 0 Å². The highest BCUT2D eigenvalue weighted by molar-refractivity contribution is 6.39. The van der Waals surface area contributed by atoms with E-state index in [0.29, 0.717) is 28.7 Å². The summed E-state index contributed by atoms with van der Waals surface area (Å²) in [4.78, 5) is 29.2. The van der Waals surface area contributed by atoms with Crippen molar-refractivity contribution in [2.45, 2.75) is 52.9 Å². The van der Waals surface area contributed by atoms with E-state index in [0.717, 1.165) is 34.5 Å². The minimum absolute atomic E-state index is 0.143. The van der Waals surface area contributed by atoms with Gasteiger partial charge >= 0.3 is 0 Å². The normalized spacial score (nSPS) is 30.7. The van der Waals surface area contributed by atoms with Gasteiger partial charge in [-0.05, 0) is 100 Å². The first-order valence-corrected chi connectivity index (χ1v) is 11.9. The largest absolute Gasteiger partial charge is 0.466 e. The molecule has 5 fully saturated rings. The first-order valence-electron chi connectivity index (χ1n) is 11.9. The number of furan rings is 1. The zero-order valence-electron chi connectivity index (χ0n) is 19.0. The summed E-state index contributed by atoms with van der Waals surface area (Å²) in [6, 6.07) is 11.3. The van der Waals surface area contributed by atoms with Gasteiger partial charge in [0, 0.05) is 5.56 Å². The highest BCUT2D eigenvalue weighted by Crippen LogP contribution is 2.58. The topological polar surface area (TPSA) is 50.5 Å². The summed E-state index contributed by atoms with van der Waals surface area (Å²) >= 11 is 0. The SMILES string of the molecule is C/C(=C1\C(=O)N(c2ccccc2)C(=O)C1=C1C2CC3CC(C2)CC1C3)c1cc(C)oc1C. The number of hydrogen-bond acceptors (Lipinski definition) is 3. The average molecular weight is 428 g/mol. The molecule has 5 aliphatic rings. The summed E-state index contributed by atoms with van der Waals surface area (Å²) in [7, 11) is 0. The lowest BCUT2D eigenvalue weighted by atomic mass is 9.53. The molecular weight excluding hydrogens is 398 g/mol. The lowest BCUT2D eigenvalue weighted by Crippen LogP contribution is -2.41. The van der Waals surface area contributed by atoms with Crippen molar-refractivity contribution in [2.75, 3.05) is 4.90 Å². The summed E-state index contributed by atoms with van der Waals surface area (Å²) in [6.07, 6.45) is 6.06. The zero-order chi connectivity index (χ0) is 22.1. The summed E-state index contributed by atoms with van der Waals surface area (Å²) < 4.78 is 5.78. The molecule has 0 unspecified atom stereocenters. The highest BCUT2D eigenvalue weighted by atomic mass is 16.3. The van der Waals surface area contributed by atoms with Crippen LogP contribution in [0.1, 0.15) is 56.1 Å². The molecule has 4 aliphatic carbocycles. The molecule has 0 radical (unpaired) electrons. The lowest BCUT2D eigenvalue weighted by Gasteiger charge is -2.52. The van der Waals surface area contributed by atoms with Crippen LogP contribution < -0.4 is 4.90 Å². The maximum atomic E-state index is 14.0. The second-order valence-electron chi connectivity index (χ2n) is 10.2. The van der Waals surface area contributed by atoms with Crippen molar-refractivity contribution < 1.29 is 14.0 Å². The number of carbonyl (C=O) groups excluding carboxylic acids is 2. The molecule has 1 aromatic carbocycles. The zero-order valence-corrected chi connectivity index (χ0v) is 19.0. The van der Waals surface area contributed by atoms with Crippen LogP contribution in [-0.2, 0) is 9.59 Å². The Bertz CT molecular complexity index is 1170. The number of amides is 2. The standard InChI is InChI=1S/C28H29NO3/c1-15-9-23(17(3)32-15)16(2)24-26(25-20-11-18-10-19(13-20)14-21(25)12-18)28(31)29(27(24)30)22-7-5-4-6-8-22/h4-9,18-21H,10-14H2,1-3H3/b24-16+,26-25?. The second kappa shape index (κ2) is 7.06. The van der Waals surface area contributed by atoms with Crippen molar-refractivity contribution in [3.63, 3.8) is 0 Å². The van der Waals surface area contributed by atoms with Crippen molar-refractivity contribution in [3.05, 3.63) is 70.2 Å². The van der Waals surface area contributed by atoms with Crippen LogP contribution in [0.5, 0.6) is 0 Å². The second-order valence-corrected chi connectivity index (χ2v) is 10.2. The van der Waals surface area contributed by atoms with Gasteiger partial charge in [-0.3, -0.25) is 9.59 Å². The number of para-hydroxylation sites is 1. The van der Waals surface area contributed by atoms with Crippen molar-refractivity contribution >= 4 is 23.1 Å². The first kappa shape index (κ1) is 19.8. The van der Waals surface area contributed by atoms with Gasteiger partial charge in [0.15, 0.2) is 0 Å². The maximum absolute atomic E-state index is 14.0. The third-order valence-corrected chi connectivity index (χ3v) is 8.22. The van der Waals surface area contributed by atoms with E-state index in [9.17, 15) is 9.59 Å². The number of aryl methyl sites for hydroxylation is 2. The molecule has 4 bridgehead atoms. The van der Waals surface area contributed by atoms with Gasteiger partial charge in [0.1, 0.15) is 11.5 Å². The van der Waals surface area contributed by atoms with E-state index in [1.54, 1.807) is 0 Å². The number of hydrogen-bond donors (Lipinski definition) is 0. The molecule has 0 atom stereocenters. The van der Waals surface area contributed by atoms with E-state index in [1.165, 1.54) is 42.6 Å². The quantitative estimate of drug-likeness (QED) is 0.436. The number of anilines is 1. The van der Waals surface area contributed by atoms with Crippen molar-refractivity contribution in [2.24, 2.45) is 23.7 Å². The summed E-state index contributed by atoms with van der Waals surface area (Å²) in [6.45, 7) is 5.82. The van der Waals surface area contributed by atoms with Crippen LogP contribution in [0.25, 0.3) is 5.57 Å². The molecular formula is C28H29NO3. The van der Waals surface area contributed by atoms with E-state index in [4.69, 9.17) is 4.42 Å². The fraction of sp³-hybridized carbons (Fsp3) is 0.429. The van der Waals surface area contributed by atoms with Gasteiger partial charge in [-0.15, -0.1) is 0 Å². The van der Waals surface area contributed by atoms with Gasteiger partial charge in [0.05, 0.1) is 16.8 Å². The molecule has 32 heavy (non-hydrogen) atoms. The highest BCUT2D eigenvalue weighted by Gasteiger charge is 2.51.